The van der Waals surface area contributed by atoms with E-state index in [2.05, 4.69) is 5.10 Å². The van der Waals surface area contributed by atoms with Crippen molar-refractivity contribution in [1.29, 1.82) is 0 Å². The Bertz CT molecular complexity index is 878. The van der Waals surface area contributed by atoms with Crippen molar-refractivity contribution in [3.63, 3.8) is 0 Å². The second kappa shape index (κ2) is 7.26. The van der Waals surface area contributed by atoms with Gasteiger partial charge in [-0.2, -0.15) is 5.10 Å². The van der Waals surface area contributed by atoms with Gasteiger partial charge in [0.1, 0.15) is 11.5 Å². The minimum Gasteiger partial charge on any atom is -0.508 e. The predicted molar refractivity (Wildman–Crippen MR) is 105 cm³/mol. The molecule has 2 aromatic carbocycles. The molecule has 3 rings (SSSR count). The van der Waals surface area contributed by atoms with Crippen molar-refractivity contribution in [2.24, 2.45) is 10.9 Å². The first-order valence-electron chi connectivity index (χ1n) is 8.86. The summed E-state index contributed by atoms with van der Waals surface area (Å²) in [6.45, 7) is 8.11. The van der Waals surface area contributed by atoms with Crippen molar-refractivity contribution >= 4 is 11.5 Å². The molecular weight excluding hydrogens is 346 g/mol. The maximum Gasteiger partial charge on any atom is 0.231 e. The molecule has 0 radical (unpaired) electrons. The summed E-state index contributed by atoms with van der Waals surface area (Å²) in [5.41, 5.74) is 1.96. The highest BCUT2D eigenvalue weighted by Gasteiger charge is 2.25. The van der Waals surface area contributed by atoms with E-state index in [1.807, 2.05) is 50.8 Å². The van der Waals surface area contributed by atoms with Gasteiger partial charge in [-0.15, -0.1) is 0 Å². The number of phenolic OH excluding ortho intramolecular Hbond substituents is 2. The van der Waals surface area contributed by atoms with Gasteiger partial charge < -0.3 is 30.4 Å². The number of nitrogens with two attached hydrogens (primary N) is 1. The molecule has 27 heavy (non-hydrogen) atoms. The van der Waals surface area contributed by atoms with Gasteiger partial charge in [-0.3, -0.25) is 0 Å². The van der Waals surface area contributed by atoms with E-state index in [1.54, 1.807) is 6.07 Å². The van der Waals surface area contributed by atoms with Gasteiger partial charge >= 0.3 is 0 Å². The SMILES string of the molecule is CC(C)c1cc(C(=NN)N(c2ccc3c(c2)OCO3)C(C)C)c(O)cc1O. The van der Waals surface area contributed by atoms with E-state index in [1.165, 1.54) is 6.07 Å². The zero-order chi connectivity index (χ0) is 19.7. The number of fused-ring (bicyclic) bond motifs is 1. The predicted octanol–water partition coefficient (Wildman–Crippen LogP) is 3.49. The molecule has 4 N–H and O–H groups in total. The Morgan fingerprint density at radius 3 is 2.37 bits per heavy atom. The van der Waals surface area contributed by atoms with Crippen LogP contribution >= 0.6 is 0 Å². The van der Waals surface area contributed by atoms with E-state index in [9.17, 15) is 10.2 Å². The molecule has 144 valence electrons. The number of rotatable bonds is 4. The Labute approximate surface area is 158 Å². The molecular formula is C20H25N3O4. The zero-order valence-electron chi connectivity index (χ0n) is 15.9. The van der Waals surface area contributed by atoms with Crippen LogP contribution in [0.1, 0.15) is 44.7 Å². The molecule has 0 bridgehead atoms. The monoisotopic (exact) mass is 371 g/mol. The van der Waals surface area contributed by atoms with Crippen LogP contribution in [0.15, 0.2) is 35.4 Å². The highest BCUT2D eigenvalue weighted by molar-refractivity contribution is 6.12. The Morgan fingerprint density at radius 1 is 1.04 bits per heavy atom. The number of hydrogen-bond donors (Lipinski definition) is 3. The molecule has 2 aromatic rings. The summed E-state index contributed by atoms with van der Waals surface area (Å²) in [5.74, 6) is 7.49. The van der Waals surface area contributed by atoms with Crippen molar-refractivity contribution in [3.8, 4) is 23.0 Å². The molecule has 0 fully saturated rings. The maximum atomic E-state index is 10.5. The lowest BCUT2D eigenvalue weighted by Crippen LogP contribution is -2.38. The van der Waals surface area contributed by atoms with E-state index in [4.69, 9.17) is 15.3 Å². The van der Waals surface area contributed by atoms with Crippen molar-refractivity contribution in [2.45, 2.75) is 39.7 Å². The summed E-state index contributed by atoms with van der Waals surface area (Å²) in [6, 6.07) is 8.62. The lowest BCUT2D eigenvalue weighted by atomic mass is 9.97. The molecule has 1 heterocycles. The van der Waals surface area contributed by atoms with Gasteiger partial charge in [0.05, 0.1) is 5.56 Å². The number of nitrogens with zero attached hydrogens (tertiary/aromatic N) is 2. The molecule has 7 nitrogen and oxygen atoms in total. The third kappa shape index (κ3) is 3.45. The number of ether oxygens (including phenoxy) is 2. The summed E-state index contributed by atoms with van der Waals surface area (Å²) in [6.07, 6.45) is 0. The summed E-state index contributed by atoms with van der Waals surface area (Å²) < 4.78 is 10.9. The lowest BCUT2D eigenvalue weighted by molar-refractivity contribution is 0.174. The van der Waals surface area contributed by atoms with Gasteiger partial charge in [-0.1, -0.05) is 13.8 Å². The highest BCUT2D eigenvalue weighted by atomic mass is 16.7. The molecule has 0 saturated carbocycles. The minimum absolute atomic E-state index is 0.0108. The van der Waals surface area contributed by atoms with Crippen LogP contribution in [-0.2, 0) is 0 Å². The molecule has 0 atom stereocenters. The molecule has 0 unspecified atom stereocenters. The normalized spacial score (nSPS) is 13.5. The number of amidine groups is 1. The topological polar surface area (TPSA) is 101 Å². The van der Waals surface area contributed by atoms with Crippen LogP contribution in [0.4, 0.5) is 5.69 Å². The fourth-order valence-electron chi connectivity index (χ4n) is 3.20. The number of benzene rings is 2. The number of phenols is 2. The van der Waals surface area contributed by atoms with Crippen LogP contribution in [0.2, 0.25) is 0 Å². The average Bonchev–Trinajstić information content (AvgIpc) is 3.07. The second-order valence-corrected chi connectivity index (χ2v) is 7.04. The molecule has 7 heteroatoms. The van der Waals surface area contributed by atoms with Gasteiger partial charge in [0.15, 0.2) is 17.3 Å². The molecule has 0 spiro atoms. The summed E-state index contributed by atoms with van der Waals surface area (Å²) in [5, 5.41) is 24.6. The van der Waals surface area contributed by atoms with E-state index in [-0.39, 0.29) is 30.3 Å². The van der Waals surface area contributed by atoms with Gasteiger partial charge in [-0.05, 0) is 43.5 Å². The summed E-state index contributed by atoms with van der Waals surface area (Å²) >= 11 is 0. The van der Waals surface area contributed by atoms with Gasteiger partial charge in [-0.25, -0.2) is 0 Å². The zero-order valence-corrected chi connectivity index (χ0v) is 15.9. The Balaban J connectivity index is 2.11. The largest absolute Gasteiger partial charge is 0.508 e. The van der Waals surface area contributed by atoms with Crippen LogP contribution in [0.3, 0.4) is 0 Å². The average molecular weight is 371 g/mol. The summed E-state index contributed by atoms with van der Waals surface area (Å²) in [7, 11) is 0. The van der Waals surface area contributed by atoms with Crippen molar-refractivity contribution in [1.82, 2.24) is 0 Å². The van der Waals surface area contributed by atoms with E-state index in [0.717, 1.165) is 5.69 Å². The molecule has 1 aliphatic heterocycles. The molecule has 1 aliphatic rings. The van der Waals surface area contributed by atoms with Crippen molar-refractivity contribution < 1.29 is 19.7 Å². The Kier molecular flexibility index (Phi) is 5.03. The number of hydrogen-bond acceptors (Lipinski definition) is 6. The fraction of sp³-hybridized carbons (Fsp3) is 0.350. The van der Waals surface area contributed by atoms with Crippen LogP contribution in [0.25, 0.3) is 0 Å². The van der Waals surface area contributed by atoms with E-state index < -0.39 is 0 Å². The first kappa shape index (κ1) is 18.7. The van der Waals surface area contributed by atoms with Crippen molar-refractivity contribution in [3.05, 3.63) is 41.5 Å². The molecule has 0 aromatic heterocycles. The first-order chi connectivity index (χ1) is 12.8. The van der Waals surface area contributed by atoms with Gasteiger partial charge in [0.2, 0.25) is 6.79 Å². The van der Waals surface area contributed by atoms with Crippen LogP contribution in [0.5, 0.6) is 23.0 Å². The third-order valence-corrected chi connectivity index (χ3v) is 4.51. The number of hydrazone groups is 1. The van der Waals surface area contributed by atoms with Crippen LogP contribution in [-0.4, -0.2) is 28.9 Å². The van der Waals surface area contributed by atoms with Crippen molar-refractivity contribution in [2.75, 3.05) is 11.7 Å². The number of aromatic hydroxyl groups is 2. The fourth-order valence-corrected chi connectivity index (χ4v) is 3.20. The minimum atomic E-state index is -0.0903. The van der Waals surface area contributed by atoms with Gasteiger partial charge in [0, 0.05) is 23.9 Å². The van der Waals surface area contributed by atoms with Gasteiger partial charge in [0.25, 0.3) is 0 Å². The highest BCUT2D eigenvalue weighted by Crippen LogP contribution is 2.38. The third-order valence-electron chi connectivity index (χ3n) is 4.51. The van der Waals surface area contributed by atoms with Crippen LogP contribution < -0.4 is 20.2 Å². The lowest BCUT2D eigenvalue weighted by Gasteiger charge is -2.30. The van der Waals surface area contributed by atoms with Crippen LogP contribution in [0, 0.1) is 0 Å². The molecule has 0 aliphatic carbocycles. The maximum absolute atomic E-state index is 10.5. The quantitative estimate of drug-likeness (QED) is 0.329. The summed E-state index contributed by atoms with van der Waals surface area (Å²) in [4.78, 5) is 1.90. The second-order valence-electron chi connectivity index (χ2n) is 7.04. The standard InChI is InChI=1S/C20H25N3O4/c1-11(2)14-8-15(17(25)9-16(14)24)20(22-21)23(12(3)4)13-5-6-18-19(7-13)27-10-26-18/h5-9,11-12,24-25H,10,21H2,1-4H3. The van der Waals surface area contributed by atoms with E-state index in [0.29, 0.717) is 28.5 Å². The molecule has 0 saturated heterocycles. The van der Waals surface area contributed by atoms with E-state index >= 15 is 0 Å². The Hall–Kier alpha value is -3.09. The molecule has 0 amide bonds. The smallest absolute Gasteiger partial charge is 0.231 e. The Morgan fingerprint density at radius 2 is 1.74 bits per heavy atom. The first-order valence-corrected chi connectivity index (χ1v) is 8.86. The number of anilines is 1.